The van der Waals surface area contributed by atoms with Crippen molar-refractivity contribution in [3.63, 3.8) is 0 Å². The summed E-state index contributed by atoms with van der Waals surface area (Å²) in [4.78, 5) is 30.6. The number of hydrogen-bond donors (Lipinski definition) is 2. The van der Waals surface area contributed by atoms with Gasteiger partial charge in [-0.25, -0.2) is 17.9 Å². The van der Waals surface area contributed by atoms with E-state index in [1.165, 1.54) is 17.2 Å². The van der Waals surface area contributed by atoms with Gasteiger partial charge in [0.1, 0.15) is 4.90 Å². The van der Waals surface area contributed by atoms with Crippen molar-refractivity contribution in [1.29, 1.82) is 5.26 Å². The molecular formula is C27H28N4O5S. The summed E-state index contributed by atoms with van der Waals surface area (Å²) < 4.78 is 29.5. The van der Waals surface area contributed by atoms with Crippen LogP contribution in [0.15, 0.2) is 65.7 Å². The Hall–Kier alpha value is -3.81. The molecule has 0 saturated carbocycles. The fourth-order valence-corrected chi connectivity index (χ4v) is 6.20. The summed E-state index contributed by atoms with van der Waals surface area (Å²) in [5, 5.41) is 19.4. The van der Waals surface area contributed by atoms with Gasteiger partial charge in [0.15, 0.2) is 5.78 Å². The molecule has 1 amide bonds. The Morgan fingerprint density at radius 1 is 1.16 bits per heavy atom. The first kappa shape index (κ1) is 26.3. The van der Waals surface area contributed by atoms with Crippen LogP contribution in [0, 0.1) is 11.3 Å². The Morgan fingerprint density at radius 3 is 2.73 bits per heavy atom. The number of pyridine rings is 1. The summed E-state index contributed by atoms with van der Waals surface area (Å²) in [7, 11) is -4.14. The number of nitrogens with one attached hydrogen (secondary N) is 1. The maximum atomic E-state index is 13.5. The van der Waals surface area contributed by atoms with Gasteiger partial charge in [-0.05, 0) is 61.9 Å². The SMILES string of the molecule is N#Cc1cccc(C[C@H](NS(=O)(=O)c2cccc3cccnc23)C(=O)CCC2CCCCN2C(=O)O)c1. The number of amides is 1. The van der Waals surface area contributed by atoms with E-state index in [1.807, 2.05) is 0 Å². The molecule has 2 heterocycles. The van der Waals surface area contributed by atoms with Gasteiger partial charge in [-0.3, -0.25) is 9.78 Å². The maximum absolute atomic E-state index is 13.5. The van der Waals surface area contributed by atoms with Crippen LogP contribution in [0.5, 0.6) is 0 Å². The average Bonchev–Trinajstić information content (AvgIpc) is 2.91. The van der Waals surface area contributed by atoms with Gasteiger partial charge >= 0.3 is 6.09 Å². The van der Waals surface area contributed by atoms with E-state index in [9.17, 15) is 28.4 Å². The lowest BCUT2D eigenvalue weighted by atomic mass is 9.94. The predicted octanol–water partition coefficient (Wildman–Crippen LogP) is 3.88. The number of Topliss-reactive ketones (excluding diaryl/α,β-unsaturated/α-hetero) is 1. The number of ketones is 1. The molecule has 2 atom stereocenters. The molecule has 1 unspecified atom stereocenters. The highest BCUT2D eigenvalue weighted by atomic mass is 32.2. The molecule has 2 N–H and O–H groups in total. The monoisotopic (exact) mass is 520 g/mol. The molecule has 37 heavy (non-hydrogen) atoms. The first-order valence-electron chi connectivity index (χ1n) is 12.2. The highest BCUT2D eigenvalue weighted by molar-refractivity contribution is 7.89. The second-order valence-corrected chi connectivity index (χ2v) is 10.8. The van der Waals surface area contributed by atoms with Crippen molar-refractivity contribution in [3.8, 4) is 6.07 Å². The minimum Gasteiger partial charge on any atom is -0.465 e. The average molecular weight is 521 g/mol. The Balaban J connectivity index is 1.60. The lowest BCUT2D eigenvalue weighted by molar-refractivity contribution is -0.121. The summed E-state index contributed by atoms with van der Waals surface area (Å²) in [6, 6.07) is 15.7. The number of fused-ring (bicyclic) bond motifs is 1. The number of benzene rings is 2. The fourth-order valence-electron chi connectivity index (χ4n) is 4.80. The van der Waals surface area contributed by atoms with E-state index in [2.05, 4.69) is 15.8 Å². The van der Waals surface area contributed by atoms with E-state index in [0.717, 1.165) is 12.8 Å². The summed E-state index contributed by atoms with van der Waals surface area (Å²) in [5.41, 5.74) is 1.35. The Labute approximate surface area is 215 Å². The van der Waals surface area contributed by atoms with Gasteiger partial charge in [-0.2, -0.15) is 5.26 Å². The number of aromatic nitrogens is 1. The van der Waals surface area contributed by atoms with Crippen molar-refractivity contribution in [1.82, 2.24) is 14.6 Å². The summed E-state index contributed by atoms with van der Waals surface area (Å²) >= 11 is 0. The van der Waals surface area contributed by atoms with Crippen LogP contribution in [0.3, 0.4) is 0 Å². The molecule has 0 bridgehead atoms. The number of hydrogen-bond acceptors (Lipinski definition) is 6. The number of carboxylic acid groups (broad SMARTS) is 1. The molecule has 4 rings (SSSR count). The fraction of sp³-hybridized carbons (Fsp3) is 0.333. The molecule has 0 radical (unpaired) electrons. The zero-order valence-electron chi connectivity index (χ0n) is 20.2. The Kier molecular flexibility index (Phi) is 8.16. The van der Waals surface area contributed by atoms with Gasteiger partial charge in [0, 0.05) is 30.6 Å². The number of rotatable bonds is 9. The smallest absolute Gasteiger partial charge is 0.407 e. The van der Waals surface area contributed by atoms with Gasteiger partial charge < -0.3 is 10.0 Å². The van der Waals surface area contributed by atoms with E-state index in [0.29, 0.717) is 41.4 Å². The second kappa shape index (κ2) is 11.5. The first-order valence-corrected chi connectivity index (χ1v) is 13.6. The quantitative estimate of drug-likeness (QED) is 0.436. The topological polar surface area (TPSA) is 140 Å². The van der Waals surface area contributed by atoms with Crippen LogP contribution >= 0.6 is 0 Å². The van der Waals surface area contributed by atoms with Gasteiger partial charge in [0.25, 0.3) is 0 Å². The number of nitriles is 1. The van der Waals surface area contributed by atoms with Crippen molar-refractivity contribution >= 4 is 32.8 Å². The Bertz CT molecular complexity index is 1450. The van der Waals surface area contributed by atoms with Gasteiger partial charge in [-0.1, -0.05) is 30.3 Å². The van der Waals surface area contributed by atoms with Crippen LogP contribution in [0.2, 0.25) is 0 Å². The predicted molar refractivity (Wildman–Crippen MR) is 137 cm³/mol. The lowest BCUT2D eigenvalue weighted by Crippen LogP contribution is -2.45. The van der Waals surface area contributed by atoms with Crippen LogP contribution < -0.4 is 4.72 Å². The minimum absolute atomic E-state index is 0.0212. The molecule has 192 valence electrons. The molecular weight excluding hydrogens is 492 g/mol. The van der Waals surface area contributed by atoms with E-state index in [1.54, 1.807) is 48.5 Å². The third kappa shape index (κ3) is 6.31. The molecule has 0 spiro atoms. The third-order valence-electron chi connectivity index (χ3n) is 6.66. The van der Waals surface area contributed by atoms with Gasteiger partial charge in [0.2, 0.25) is 10.0 Å². The number of carbonyl (C=O) groups is 2. The molecule has 3 aromatic rings. The summed E-state index contributed by atoms with van der Waals surface area (Å²) in [6.45, 7) is 0.430. The first-order chi connectivity index (χ1) is 17.8. The number of nitrogens with zero attached hydrogens (tertiary/aromatic N) is 3. The van der Waals surface area contributed by atoms with Crippen molar-refractivity contribution in [3.05, 3.63) is 71.9 Å². The molecule has 1 fully saturated rings. The van der Waals surface area contributed by atoms with Crippen LogP contribution in [-0.2, 0) is 21.2 Å². The van der Waals surface area contributed by atoms with Crippen LogP contribution in [-0.4, -0.2) is 53.9 Å². The molecule has 1 aliphatic heterocycles. The maximum Gasteiger partial charge on any atom is 0.407 e. The van der Waals surface area contributed by atoms with Gasteiger partial charge in [-0.15, -0.1) is 0 Å². The molecule has 1 aliphatic rings. The molecule has 0 aliphatic carbocycles. The van der Waals surface area contributed by atoms with Crippen LogP contribution in [0.25, 0.3) is 10.9 Å². The summed E-state index contributed by atoms with van der Waals surface area (Å²) in [5.74, 6) is -0.338. The van der Waals surface area contributed by atoms with Crippen LogP contribution in [0.4, 0.5) is 4.79 Å². The number of para-hydroxylation sites is 1. The molecule has 1 aromatic heterocycles. The third-order valence-corrected chi connectivity index (χ3v) is 8.17. The van der Waals surface area contributed by atoms with Crippen molar-refractivity contribution < 1.29 is 23.1 Å². The molecule has 1 saturated heterocycles. The minimum atomic E-state index is -4.14. The van der Waals surface area contributed by atoms with Crippen LogP contribution in [0.1, 0.15) is 43.2 Å². The highest BCUT2D eigenvalue weighted by Gasteiger charge is 2.30. The number of likely N-dealkylation sites (tertiary alicyclic amines) is 1. The zero-order valence-corrected chi connectivity index (χ0v) is 21.0. The van der Waals surface area contributed by atoms with Crippen molar-refractivity contribution in [2.24, 2.45) is 0 Å². The largest absolute Gasteiger partial charge is 0.465 e. The molecule has 9 nitrogen and oxygen atoms in total. The van der Waals surface area contributed by atoms with Gasteiger partial charge in [0.05, 0.1) is 23.2 Å². The summed E-state index contributed by atoms with van der Waals surface area (Å²) in [6.07, 6.45) is 3.23. The molecule has 2 aromatic carbocycles. The molecule has 10 heteroatoms. The number of sulfonamides is 1. The van der Waals surface area contributed by atoms with Crippen molar-refractivity contribution in [2.75, 3.05) is 6.54 Å². The zero-order chi connectivity index (χ0) is 26.4. The van der Waals surface area contributed by atoms with E-state index >= 15 is 0 Å². The standard InChI is InChI=1S/C27H28N4O5S/c28-18-20-7-3-6-19(16-20)17-23(24(32)13-12-22-10-1-2-15-31(22)27(33)34)30-37(35,36)25-11-4-8-21-9-5-14-29-26(21)25/h3-9,11,14,16,22-23,30H,1-2,10,12-13,15,17H2,(H,33,34)/t22?,23-/m0/s1. The highest BCUT2D eigenvalue weighted by Crippen LogP contribution is 2.24. The second-order valence-electron chi connectivity index (χ2n) is 9.15. The lowest BCUT2D eigenvalue weighted by Gasteiger charge is -2.33. The number of carbonyl (C=O) groups excluding carboxylic acids is 1. The Morgan fingerprint density at radius 2 is 1.95 bits per heavy atom. The van der Waals surface area contributed by atoms with E-state index in [-0.39, 0.29) is 29.6 Å². The van der Waals surface area contributed by atoms with Crippen molar-refractivity contribution in [2.45, 2.75) is 55.5 Å². The normalized spacial score (nSPS) is 16.7. The van der Waals surface area contributed by atoms with E-state index in [4.69, 9.17) is 0 Å². The number of piperidine rings is 1. The van der Waals surface area contributed by atoms with E-state index < -0.39 is 22.2 Å².